The van der Waals surface area contributed by atoms with Crippen molar-refractivity contribution in [1.29, 1.82) is 0 Å². The first-order valence-electron chi connectivity index (χ1n) is 20.8. The Labute approximate surface area is 325 Å². The Hall–Kier alpha value is -4.51. The number of hydrogen-bond donors (Lipinski definition) is 0. The molecule has 5 heteroatoms. The molecule has 0 saturated heterocycles. The van der Waals surface area contributed by atoms with Crippen molar-refractivity contribution in [3.8, 4) is 11.3 Å². The van der Waals surface area contributed by atoms with E-state index in [9.17, 15) is 0 Å². The van der Waals surface area contributed by atoms with Crippen LogP contribution in [0.5, 0.6) is 0 Å². The van der Waals surface area contributed by atoms with Gasteiger partial charge < -0.3 is 4.90 Å². The molecule has 0 amide bonds. The standard InChI is InChI=1S/C49H62N5/c1-9-12-18-36-24-26-37(27-25-36)41-35-54(51-50-41)46-38(28-29-44-47(4,5)39-20-13-15-22-42(39)52(44)33-10-2)19-17-31-49(46,8)32-30-45-48(6,7)40-21-14-16-23-43(40)53(45)34-11-3/h13-16,20-30,32,35,46H,9-12,17-19,31,33-34H2,1-8H3/q+1/b32-30+,38-28+,44-29+. The average Bonchev–Trinajstić information content (AvgIpc) is 3.79. The summed E-state index contributed by atoms with van der Waals surface area (Å²) in [6.07, 6.45) is 21.1. The first-order valence-corrected chi connectivity index (χ1v) is 20.8. The summed E-state index contributed by atoms with van der Waals surface area (Å²) >= 11 is 0. The number of rotatable bonds is 12. The SMILES string of the molecule is CCCCc1ccc(-c2cn(C3/C(=C/C=C4/N(CCC)c5ccccc5C4(C)C)CCCC3(C)/C=C/C3=[N+](CCC)c4ccccc4C3(C)C)nn2)cc1. The number of fused-ring (bicyclic) bond motifs is 2. The monoisotopic (exact) mass is 720 g/mol. The lowest BCUT2D eigenvalue weighted by atomic mass is 9.68. The van der Waals surface area contributed by atoms with E-state index in [-0.39, 0.29) is 22.3 Å². The second-order valence-corrected chi connectivity index (χ2v) is 17.2. The van der Waals surface area contributed by atoms with Crippen LogP contribution in [0.1, 0.15) is 123 Å². The fourth-order valence-electron chi connectivity index (χ4n) is 9.62. The first kappa shape index (κ1) is 37.8. The van der Waals surface area contributed by atoms with Gasteiger partial charge in [-0.3, -0.25) is 0 Å². The lowest BCUT2D eigenvalue weighted by Crippen LogP contribution is -2.35. The molecule has 0 bridgehead atoms. The molecule has 0 radical (unpaired) electrons. The molecule has 1 saturated carbocycles. The van der Waals surface area contributed by atoms with Crippen LogP contribution >= 0.6 is 0 Å². The fourth-order valence-corrected chi connectivity index (χ4v) is 9.62. The normalized spacial score (nSPS) is 23.2. The molecule has 0 N–H and O–H groups in total. The molecule has 54 heavy (non-hydrogen) atoms. The third kappa shape index (κ3) is 6.84. The minimum Gasteiger partial charge on any atom is -0.344 e. The third-order valence-electron chi connectivity index (χ3n) is 12.6. The zero-order chi connectivity index (χ0) is 38.1. The molecule has 1 aliphatic carbocycles. The van der Waals surface area contributed by atoms with E-state index >= 15 is 0 Å². The van der Waals surface area contributed by atoms with Gasteiger partial charge in [-0.2, -0.15) is 4.58 Å². The maximum absolute atomic E-state index is 4.95. The number of allylic oxidation sites excluding steroid dienone is 6. The molecule has 2 unspecified atom stereocenters. The maximum Gasteiger partial charge on any atom is 0.209 e. The van der Waals surface area contributed by atoms with Crippen LogP contribution in [-0.2, 0) is 17.3 Å². The molecule has 1 aromatic heterocycles. The van der Waals surface area contributed by atoms with E-state index in [0.717, 1.165) is 62.9 Å². The smallest absolute Gasteiger partial charge is 0.209 e. The van der Waals surface area contributed by atoms with Crippen molar-refractivity contribution in [3.05, 3.63) is 131 Å². The number of unbranched alkanes of at least 4 members (excludes halogenated alkanes) is 1. The van der Waals surface area contributed by atoms with Gasteiger partial charge >= 0.3 is 0 Å². The summed E-state index contributed by atoms with van der Waals surface area (Å²) in [7, 11) is 0. The van der Waals surface area contributed by atoms with Gasteiger partial charge in [0.25, 0.3) is 0 Å². The Morgan fingerprint density at radius 2 is 1.56 bits per heavy atom. The van der Waals surface area contributed by atoms with Crippen LogP contribution in [-0.4, -0.2) is 38.4 Å². The first-order chi connectivity index (χ1) is 26.0. The largest absolute Gasteiger partial charge is 0.344 e. The Kier molecular flexibility index (Phi) is 10.7. The van der Waals surface area contributed by atoms with Crippen LogP contribution in [0.15, 0.2) is 115 Å². The van der Waals surface area contributed by atoms with Gasteiger partial charge in [-0.1, -0.05) is 126 Å². The molecule has 2 aliphatic heterocycles. The van der Waals surface area contributed by atoms with E-state index in [0.29, 0.717) is 0 Å². The lowest BCUT2D eigenvalue weighted by Gasteiger charge is -2.41. The lowest BCUT2D eigenvalue weighted by molar-refractivity contribution is -0.437. The van der Waals surface area contributed by atoms with E-state index < -0.39 is 0 Å². The molecular formula is C49H62N5+. The van der Waals surface area contributed by atoms with Gasteiger partial charge in [0, 0.05) is 58.4 Å². The quantitative estimate of drug-likeness (QED) is 0.137. The Balaban J connectivity index is 1.32. The minimum absolute atomic E-state index is 0.0306. The summed E-state index contributed by atoms with van der Waals surface area (Å²) in [6, 6.07) is 27.0. The van der Waals surface area contributed by atoms with Gasteiger partial charge in [0.2, 0.25) is 5.69 Å². The fraction of sp³-hybridized carbons (Fsp3) is 0.449. The topological polar surface area (TPSA) is 37.0 Å². The molecule has 1 fully saturated rings. The summed E-state index contributed by atoms with van der Waals surface area (Å²) in [5, 5.41) is 9.77. The zero-order valence-electron chi connectivity index (χ0n) is 34.2. The Morgan fingerprint density at radius 1 is 0.815 bits per heavy atom. The van der Waals surface area contributed by atoms with E-state index in [1.54, 1.807) is 0 Å². The number of anilines is 1. The van der Waals surface area contributed by atoms with E-state index in [2.05, 4.69) is 173 Å². The Morgan fingerprint density at radius 3 is 2.30 bits per heavy atom. The second-order valence-electron chi connectivity index (χ2n) is 17.2. The maximum atomic E-state index is 4.95. The molecule has 7 rings (SSSR count). The predicted octanol–water partition coefficient (Wildman–Crippen LogP) is 12.1. The van der Waals surface area contributed by atoms with Crippen molar-refractivity contribution in [2.45, 2.75) is 124 Å². The number of para-hydroxylation sites is 2. The van der Waals surface area contributed by atoms with E-state index in [4.69, 9.17) is 10.3 Å². The van der Waals surface area contributed by atoms with Gasteiger partial charge in [0.15, 0.2) is 5.71 Å². The molecule has 5 nitrogen and oxygen atoms in total. The van der Waals surface area contributed by atoms with Crippen LogP contribution in [0.4, 0.5) is 11.4 Å². The second kappa shape index (κ2) is 15.3. The molecule has 4 aromatic rings. The van der Waals surface area contributed by atoms with Crippen LogP contribution < -0.4 is 4.90 Å². The number of aromatic nitrogens is 3. The van der Waals surface area contributed by atoms with Crippen LogP contribution in [0, 0.1) is 5.41 Å². The highest BCUT2D eigenvalue weighted by molar-refractivity contribution is 6.03. The molecule has 3 aliphatic rings. The summed E-state index contributed by atoms with van der Waals surface area (Å²) in [6.45, 7) is 20.8. The number of hydrogen-bond acceptors (Lipinski definition) is 3. The van der Waals surface area contributed by atoms with Gasteiger partial charge in [-0.05, 0) is 81.2 Å². The van der Waals surface area contributed by atoms with Crippen molar-refractivity contribution >= 4 is 17.1 Å². The molecular weight excluding hydrogens is 659 g/mol. The van der Waals surface area contributed by atoms with Crippen molar-refractivity contribution in [2.24, 2.45) is 5.41 Å². The third-order valence-corrected chi connectivity index (χ3v) is 12.6. The van der Waals surface area contributed by atoms with E-state index in [1.165, 1.54) is 57.9 Å². The molecule has 2 atom stereocenters. The molecule has 3 heterocycles. The van der Waals surface area contributed by atoms with Gasteiger partial charge in [-0.25, -0.2) is 4.68 Å². The van der Waals surface area contributed by atoms with Crippen molar-refractivity contribution < 1.29 is 4.58 Å². The van der Waals surface area contributed by atoms with Crippen molar-refractivity contribution in [3.63, 3.8) is 0 Å². The number of aryl methyl sites for hydroxylation is 1. The van der Waals surface area contributed by atoms with Crippen LogP contribution in [0.2, 0.25) is 0 Å². The van der Waals surface area contributed by atoms with E-state index in [1.807, 2.05) is 0 Å². The number of nitrogens with zero attached hydrogens (tertiary/aromatic N) is 5. The highest BCUT2D eigenvalue weighted by Gasteiger charge is 2.46. The molecule has 0 spiro atoms. The minimum atomic E-state index is -0.176. The zero-order valence-corrected chi connectivity index (χ0v) is 34.2. The highest BCUT2D eigenvalue weighted by atomic mass is 15.4. The van der Waals surface area contributed by atoms with Crippen molar-refractivity contribution in [2.75, 3.05) is 18.0 Å². The summed E-state index contributed by atoms with van der Waals surface area (Å²) in [5.41, 5.74) is 12.8. The molecule has 3 aromatic carbocycles. The summed E-state index contributed by atoms with van der Waals surface area (Å²) in [4.78, 5) is 2.56. The van der Waals surface area contributed by atoms with Crippen molar-refractivity contribution in [1.82, 2.24) is 15.0 Å². The predicted molar refractivity (Wildman–Crippen MR) is 227 cm³/mol. The van der Waals surface area contributed by atoms with Gasteiger partial charge in [0.1, 0.15) is 12.2 Å². The van der Waals surface area contributed by atoms with Crippen LogP contribution in [0.25, 0.3) is 11.3 Å². The van der Waals surface area contributed by atoms with Crippen LogP contribution in [0.3, 0.4) is 0 Å². The average molecular weight is 721 g/mol. The van der Waals surface area contributed by atoms with Gasteiger partial charge in [-0.15, -0.1) is 5.10 Å². The highest BCUT2D eigenvalue weighted by Crippen LogP contribution is 2.51. The Bertz CT molecular complexity index is 2090. The summed E-state index contributed by atoms with van der Waals surface area (Å²) < 4.78 is 4.75. The van der Waals surface area contributed by atoms with Gasteiger partial charge in [0.05, 0.1) is 17.7 Å². The molecule has 282 valence electrons. The number of benzene rings is 3. The summed E-state index contributed by atoms with van der Waals surface area (Å²) in [5.74, 6) is 0.